The van der Waals surface area contributed by atoms with Crippen LogP contribution in [-0.2, 0) is 32.7 Å². The molecule has 3 unspecified atom stereocenters. The van der Waals surface area contributed by atoms with Gasteiger partial charge in [-0.2, -0.15) is 0 Å². The molecule has 0 radical (unpaired) electrons. The molecule has 3 N–H and O–H groups in total. The number of carbonyl (C=O) groups excluding carboxylic acids is 2. The molecule has 11 heteroatoms. The Morgan fingerprint density at radius 3 is 0.966 bits per heavy atom. The van der Waals surface area contributed by atoms with E-state index < -0.39 is 58.4 Å². The third-order valence-corrected chi connectivity index (χ3v) is 11.9. The van der Waals surface area contributed by atoms with Gasteiger partial charge in [-0.1, -0.05) is 206 Å². The fourth-order valence-electron chi connectivity index (χ4n) is 7.17. The van der Waals surface area contributed by atoms with Crippen LogP contribution in [0.2, 0.25) is 0 Å². The number of aliphatic hydroxyl groups is 2. The SMILES string of the molecule is CCCCCCCCCC/C=C\CCCCCCCCCCCCCC(=O)OC(CO)COP(=O)(O)OCC(CO)OC(=O)CCCCCCCCCCCCCCC. The lowest BCUT2D eigenvalue weighted by atomic mass is 10.0. The van der Waals surface area contributed by atoms with Crippen LogP contribution >= 0.6 is 7.82 Å². The van der Waals surface area contributed by atoms with Gasteiger partial charge < -0.3 is 24.6 Å². The average Bonchev–Trinajstić information content (AvgIpc) is 3.22. The molecular formula is C48H93O10P. The van der Waals surface area contributed by atoms with E-state index in [1.807, 2.05) is 0 Å². The van der Waals surface area contributed by atoms with Crippen LogP contribution in [0.1, 0.15) is 245 Å². The number of hydrogen-bond donors (Lipinski definition) is 3. The van der Waals surface area contributed by atoms with Crippen molar-refractivity contribution in [2.45, 2.75) is 257 Å². The Morgan fingerprint density at radius 1 is 0.441 bits per heavy atom. The van der Waals surface area contributed by atoms with Gasteiger partial charge in [0.25, 0.3) is 0 Å². The van der Waals surface area contributed by atoms with Gasteiger partial charge in [0.15, 0.2) is 0 Å². The van der Waals surface area contributed by atoms with Crippen molar-refractivity contribution in [1.29, 1.82) is 0 Å². The molecule has 0 fully saturated rings. The molecular weight excluding hydrogens is 767 g/mol. The van der Waals surface area contributed by atoms with Crippen molar-refractivity contribution in [2.75, 3.05) is 26.4 Å². The molecule has 0 spiro atoms. The summed E-state index contributed by atoms with van der Waals surface area (Å²) in [6.45, 7) is 2.25. The fourth-order valence-corrected chi connectivity index (χ4v) is 7.95. The Hall–Kier alpha value is -1.29. The van der Waals surface area contributed by atoms with Crippen LogP contribution in [-0.4, -0.2) is 65.7 Å². The summed E-state index contributed by atoms with van der Waals surface area (Å²) in [5, 5.41) is 19.2. The molecule has 3 atom stereocenters. The first-order valence-corrected chi connectivity index (χ1v) is 26.1. The van der Waals surface area contributed by atoms with Crippen molar-refractivity contribution in [1.82, 2.24) is 0 Å². The lowest BCUT2D eigenvalue weighted by Gasteiger charge is -2.20. The predicted octanol–water partition coefficient (Wildman–Crippen LogP) is 13.6. The minimum atomic E-state index is -4.63. The van der Waals surface area contributed by atoms with E-state index in [2.05, 4.69) is 26.0 Å². The van der Waals surface area contributed by atoms with Gasteiger partial charge in [-0.25, -0.2) is 4.57 Å². The number of esters is 2. The molecule has 0 bridgehead atoms. The number of hydrogen-bond acceptors (Lipinski definition) is 9. The van der Waals surface area contributed by atoms with E-state index in [0.29, 0.717) is 12.8 Å². The van der Waals surface area contributed by atoms with E-state index in [4.69, 9.17) is 18.5 Å². The molecule has 0 aromatic carbocycles. The maximum atomic E-state index is 12.4. The van der Waals surface area contributed by atoms with Crippen molar-refractivity contribution in [3.05, 3.63) is 12.2 Å². The van der Waals surface area contributed by atoms with Crippen LogP contribution in [0.25, 0.3) is 0 Å². The molecule has 0 aromatic rings. The number of phosphoric ester groups is 1. The Morgan fingerprint density at radius 2 is 0.695 bits per heavy atom. The lowest BCUT2D eigenvalue weighted by molar-refractivity contribution is -0.153. The molecule has 10 nitrogen and oxygen atoms in total. The van der Waals surface area contributed by atoms with E-state index in [1.165, 1.54) is 167 Å². The van der Waals surface area contributed by atoms with Gasteiger partial charge in [0.05, 0.1) is 26.4 Å². The lowest BCUT2D eigenvalue weighted by Crippen LogP contribution is -2.28. The summed E-state index contributed by atoms with van der Waals surface area (Å²) in [6.07, 6.45) is 44.8. The highest BCUT2D eigenvalue weighted by Gasteiger charge is 2.27. The zero-order valence-electron chi connectivity index (χ0n) is 38.2. The van der Waals surface area contributed by atoms with Crippen molar-refractivity contribution >= 4 is 19.8 Å². The van der Waals surface area contributed by atoms with Gasteiger partial charge >= 0.3 is 19.8 Å². The van der Waals surface area contributed by atoms with E-state index in [-0.39, 0.29) is 12.8 Å². The number of rotatable bonds is 47. The smallest absolute Gasteiger partial charge is 0.457 e. The number of aliphatic hydroxyl groups excluding tert-OH is 2. The summed E-state index contributed by atoms with van der Waals surface area (Å²) in [4.78, 5) is 34.6. The molecule has 0 saturated carbocycles. The Labute approximate surface area is 362 Å². The van der Waals surface area contributed by atoms with Crippen molar-refractivity contribution in [3.8, 4) is 0 Å². The second-order valence-electron chi connectivity index (χ2n) is 16.8. The van der Waals surface area contributed by atoms with Crippen LogP contribution in [0.3, 0.4) is 0 Å². The normalized spacial score (nSPS) is 13.8. The van der Waals surface area contributed by atoms with Gasteiger partial charge in [-0.15, -0.1) is 0 Å². The minimum absolute atomic E-state index is 0.195. The summed E-state index contributed by atoms with van der Waals surface area (Å²) in [6, 6.07) is 0. The summed E-state index contributed by atoms with van der Waals surface area (Å²) in [5.41, 5.74) is 0. The fraction of sp³-hybridized carbons (Fsp3) is 0.917. The molecule has 0 aromatic heterocycles. The highest BCUT2D eigenvalue weighted by atomic mass is 31.2. The average molecular weight is 861 g/mol. The molecule has 0 aliphatic rings. The number of phosphoric acid groups is 1. The van der Waals surface area contributed by atoms with E-state index in [1.54, 1.807) is 0 Å². The molecule has 0 amide bonds. The number of carbonyl (C=O) groups is 2. The second-order valence-corrected chi connectivity index (χ2v) is 18.3. The summed E-state index contributed by atoms with van der Waals surface area (Å²) in [5.74, 6) is -1.01. The zero-order chi connectivity index (χ0) is 43.3. The summed E-state index contributed by atoms with van der Waals surface area (Å²) >= 11 is 0. The van der Waals surface area contributed by atoms with Gasteiger partial charge in [0, 0.05) is 12.8 Å². The number of allylic oxidation sites excluding steroid dienone is 2. The van der Waals surface area contributed by atoms with Gasteiger partial charge in [-0.05, 0) is 38.5 Å². The van der Waals surface area contributed by atoms with Crippen LogP contribution in [0, 0.1) is 0 Å². The maximum Gasteiger partial charge on any atom is 0.472 e. The van der Waals surface area contributed by atoms with Gasteiger partial charge in [-0.3, -0.25) is 18.6 Å². The van der Waals surface area contributed by atoms with Crippen molar-refractivity contribution < 1.29 is 47.8 Å². The zero-order valence-corrected chi connectivity index (χ0v) is 39.1. The topological polar surface area (TPSA) is 149 Å². The van der Waals surface area contributed by atoms with E-state index in [9.17, 15) is 29.3 Å². The number of ether oxygens (including phenoxy) is 2. The summed E-state index contributed by atoms with van der Waals surface area (Å²) < 4.78 is 32.7. The quantitative estimate of drug-likeness (QED) is 0.0234. The van der Waals surface area contributed by atoms with Gasteiger partial charge in [0.2, 0.25) is 0 Å². The van der Waals surface area contributed by atoms with Crippen LogP contribution < -0.4 is 0 Å². The van der Waals surface area contributed by atoms with Crippen LogP contribution in [0.4, 0.5) is 0 Å². The highest BCUT2D eigenvalue weighted by Crippen LogP contribution is 2.43. The van der Waals surface area contributed by atoms with E-state index in [0.717, 1.165) is 38.5 Å². The molecule has 0 saturated heterocycles. The predicted molar refractivity (Wildman–Crippen MR) is 242 cm³/mol. The third kappa shape index (κ3) is 43.2. The van der Waals surface area contributed by atoms with Crippen LogP contribution in [0.15, 0.2) is 12.2 Å². The second kappa shape index (κ2) is 44.8. The number of unbranched alkanes of at least 4 members (excludes halogenated alkanes) is 31. The van der Waals surface area contributed by atoms with E-state index >= 15 is 0 Å². The highest BCUT2D eigenvalue weighted by molar-refractivity contribution is 7.47. The monoisotopic (exact) mass is 861 g/mol. The molecule has 350 valence electrons. The molecule has 0 aliphatic carbocycles. The first-order chi connectivity index (χ1) is 28.8. The Balaban J connectivity index is 3.80. The first-order valence-electron chi connectivity index (χ1n) is 24.6. The largest absolute Gasteiger partial charge is 0.472 e. The Bertz CT molecular complexity index is 993. The minimum Gasteiger partial charge on any atom is -0.457 e. The molecule has 0 aliphatic heterocycles. The summed E-state index contributed by atoms with van der Waals surface area (Å²) in [7, 11) is -4.63. The van der Waals surface area contributed by atoms with Crippen molar-refractivity contribution in [2.24, 2.45) is 0 Å². The van der Waals surface area contributed by atoms with Crippen molar-refractivity contribution in [3.63, 3.8) is 0 Å². The molecule has 59 heavy (non-hydrogen) atoms. The molecule has 0 rings (SSSR count). The Kier molecular flexibility index (Phi) is 43.8. The molecule has 0 heterocycles. The third-order valence-electron chi connectivity index (χ3n) is 11.0. The maximum absolute atomic E-state index is 12.4. The van der Waals surface area contributed by atoms with Gasteiger partial charge in [0.1, 0.15) is 12.2 Å². The standard InChI is InChI=1S/C48H93O10P/c1-3-5-7-9-11-13-15-17-18-19-20-21-22-23-24-25-26-28-30-32-34-36-38-40-48(52)58-46(42-50)44-56-59(53,54)55-43-45(41-49)57-47(51)39-37-35-33-31-29-27-16-14-12-10-8-6-4-2/h19-20,45-46,49-50H,3-18,21-44H2,1-2H3,(H,53,54)/b20-19-. The first kappa shape index (κ1) is 57.7. The van der Waals surface area contributed by atoms with Crippen LogP contribution in [0.5, 0.6) is 0 Å².